The summed E-state index contributed by atoms with van der Waals surface area (Å²) in [5.41, 5.74) is 1.29. The summed E-state index contributed by atoms with van der Waals surface area (Å²) >= 11 is 1.70. The summed E-state index contributed by atoms with van der Waals surface area (Å²) in [5, 5.41) is 3.25. The van der Waals surface area contributed by atoms with E-state index in [2.05, 4.69) is 20.0 Å². The second-order valence-corrected chi connectivity index (χ2v) is 10.3. The van der Waals surface area contributed by atoms with Crippen LogP contribution < -0.4 is 4.72 Å². The largest absolute Gasteiger partial charge is 0.297 e. The van der Waals surface area contributed by atoms with E-state index in [0.29, 0.717) is 4.90 Å². The van der Waals surface area contributed by atoms with E-state index in [1.165, 1.54) is 0 Å². The Morgan fingerprint density at radius 2 is 1.96 bits per heavy atom. The molecule has 26 heavy (non-hydrogen) atoms. The zero-order valence-electron chi connectivity index (χ0n) is 15.0. The Balaban J connectivity index is 1.37. The highest BCUT2D eigenvalue weighted by molar-refractivity contribution is 7.89. The highest BCUT2D eigenvalue weighted by Gasteiger charge is 2.49. The van der Waals surface area contributed by atoms with E-state index in [4.69, 9.17) is 0 Å². The maximum absolute atomic E-state index is 12.6. The van der Waals surface area contributed by atoms with Gasteiger partial charge in [0.05, 0.1) is 15.6 Å². The molecule has 1 spiro atoms. The van der Waals surface area contributed by atoms with Gasteiger partial charge in [-0.25, -0.2) is 18.1 Å². The first-order valence-corrected chi connectivity index (χ1v) is 11.5. The van der Waals surface area contributed by atoms with Crippen molar-refractivity contribution in [1.29, 1.82) is 0 Å². The van der Waals surface area contributed by atoms with Crippen LogP contribution >= 0.6 is 11.3 Å². The summed E-state index contributed by atoms with van der Waals surface area (Å²) in [6.45, 7) is 4.97. The lowest BCUT2D eigenvalue weighted by Gasteiger charge is -2.53. The van der Waals surface area contributed by atoms with Gasteiger partial charge in [0.1, 0.15) is 0 Å². The van der Waals surface area contributed by atoms with Crippen LogP contribution in [-0.4, -0.2) is 37.4 Å². The number of benzene rings is 1. The highest BCUT2D eigenvalue weighted by atomic mass is 32.2. The average molecular weight is 392 g/mol. The van der Waals surface area contributed by atoms with Crippen molar-refractivity contribution >= 4 is 21.4 Å². The zero-order valence-corrected chi connectivity index (χ0v) is 16.7. The number of nitrogens with zero attached hydrogens (tertiary/aromatic N) is 2. The molecule has 1 atom stereocenters. The molecular formula is C19H25N3O2S2. The van der Waals surface area contributed by atoms with Crippen LogP contribution in [0.4, 0.5) is 0 Å². The number of likely N-dealkylation sites (tertiary alicyclic amines) is 1. The van der Waals surface area contributed by atoms with Gasteiger partial charge in [0.2, 0.25) is 10.0 Å². The van der Waals surface area contributed by atoms with Gasteiger partial charge in [-0.15, -0.1) is 11.3 Å². The standard InChI is InChI=1S/C19H25N3O2S2/c1-15-20-16(14-25-15)13-22-11-9-19(10-12-22)8-7-18(19)21-26(23,24)17-5-3-2-4-6-17/h2-6,14,18,21H,7-13H2,1H3/t18-/m1/s1. The molecule has 4 rings (SSSR count). The van der Waals surface area contributed by atoms with E-state index >= 15 is 0 Å². The summed E-state index contributed by atoms with van der Waals surface area (Å²) in [4.78, 5) is 7.36. The van der Waals surface area contributed by atoms with Gasteiger partial charge in [0.15, 0.2) is 0 Å². The van der Waals surface area contributed by atoms with Crippen LogP contribution in [0.2, 0.25) is 0 Å². The molecule has 1 N–H and O–H groups in total. The Labute approximate surface area is 159 Å². The molecule has 0 bridgehead atoms. The van der Waals surface area contributed by atoms with E-state index in [-0.39, 0.29) is 11.5 Å². The molecular weight excluding hydrogens is 366 g/mol. The maximum Gasteiger partial charge on any atom is 0.240 e. The van der Waals surface area contributed by atoms with Crippen molar-refractivity contribution in [3.63, 3.8) is 0 Å². The fourth-order valence-electron chi connectivity index (χ4n) is 4.20. The Morgan fingerprint density at radius 1 is 1.23 bits per heavy atom. The number of rotatable bonds is 5. The first-order valence-electron chi connectivity index (χ1n) is 9.18. The molecule has 0 amide bonds. The van der Waals surface area contributed by atoms with E-state index in [9.17, 15) is 8.42 Å². The molecule has 1 aromatic carbocycles. The number of aryl methyl sites for hydroxylation is 1. The SMILES string of the molecule is Cc1nc(CN2CCC3(CC[C@H]3NS(=O)(=O)c3ccccc3)CC2)cs1. The Hall–Kier alpha value is -1.28. The van der Waals surface area contributed by atoms with Crippen LogP contribution in [-0.2, 0) is 16.6 Å². The lowest BCUT2D eigenvalue weighted by atomic mass is 9.59. The van der Waals surface area contributed by atoms with Gasteiger partial charge >= 0.3 is 0 Å². The monoisotopic (exact) mass is 391 g/mol. The lowest BCUT2D eigenvalue weighted by molar-refractivity contribution is 0.000423. The quantitative estimate of drug-likeness (QED) is 0.850. The first kappa shape index (κ1) is 18.1. The summed E-state index contributed by atoms with van der Waals surface area (Å²) < 4.78 is 28.3. The maximum atomic E-state index is 12.6. The average Bonchev–Trinajstić information content (AvgIpc) is 3.05. The van der Waals surface area contributed by atoms with E-state index in [1.54, 1.807) is 35.6 Å². The molecule has 2 fully saturated rings. The minimum absolute atomic E-state index is 0.0661. The summed E-state index contributed by atoms with van der Waals surface area (Å²) in [6, 6.07) is 8.76. The van der Waals surface area contributed by atoms with Crippen LogP contribution in [0.15, 0.2) is 40.6 Å². The third kappa shape index (κ3) is 3.58. The lowest BCUT2D eigenvalue weighted by Crippen LogP contribution is -2.58. The van der Waals surface area contributed by atoms with Gasteiger partial charge in [0, 0.05) is 18.0 Å². The van der Waals surface area contributed by atoms with Crippen LogP contribution in [0.25, 0.3) is 0 Å². The number of nitrogens with one attached hydrogen (secondary N) is 1. The molecule has 2 aliphatic rings. The molecule has 140 valence electrons. The van der Waals surface area contributed by atoms with E-state index in [1.807, 2.05) is 13.0 Å². The number of sulfonamides is 1. The molecule has 1 aliphatic carbocycles. The highest BCUT2D eigenvalue weighted by Crippen LogP contribution is 2.49. The van der Waals surface area contributed by atoms with Gasteiger partial charge in [-0.05, 0) is 63.2 Å². The molecule has 1 saturated carbocycles. The minimum Gasteiger partial charge on any atom is -0.297 e. The molecule has 2 aromatic rings. The van der Waals surface area contributed by atoms with Crippen molar-refractivity contribution in [1.82, 2.24) is 14.6 Å². The number of hydrogen-bond donors (Lipinski definition) is 1. The Kier molecular flexibility index (Phi) is 4.90. The van der Waals surface area contributed by atoms with E-state index < -0.39 is 10.0 Å². The van der Waals surface area contributed by atoms with Crippen LogP contribution in [0.1, 0.15) is 36.4 Å². The molecule has 1 aliphatic heterocycles. The summed E-state index contributed by atoms with van der Waals surface area (Å²) in [5.74, 6) is 0. The van der Waals surface area contributed by atoms with Crippen LogP contribution in [0.5, 0.6) is 0 Å². The number of aromatic nitrogens is 1. The zero-order chi connectivity index (χ0) is 18.2. The van der Waals surface area contributed by atoms with Crippen molar-refractivity contribution in [2.45, 2.75) is 50.1 Å². The molecule has 0 unspecified atom stereocenters. The topological polar surface area (TPSA) is 62.3 Å². The fourth-order valence-corrected chi connectivity index (χ4v) is 6.20. The fraction of sp³-hybridized carbons (Fsp3) is 0.526. The number of thiazole rings is 1. The van der Waals surface area contributed by atoms with Crippen molar-refractivity contribution < 1.29 is 8.42 Å². The Bertz CT molecular complexity index is 856. The second-order valence-electron chi connectivity index (χ2n) is 7.52. The van der Waals surface area contributed by atoms with E-state index in [0.717, 1.165) is 56.0 Å². The third-order valence-electron chi connectivity index (χ3n) is 5.93. The van der Waals surface area contributed by atoms with Crippen LogP contribution in [0, 0.1) is 12.3 Å². The molecule has 2 heterocycles. The molecule has 0 radical (unpaired) electrons. The Morgan fingerprint density at radius 3 is 2.54 bits per heavy atom. The van der Waals surface area contributed by atoms with Gasteiger partial charge in [-0.3, -0.25) is 4.90 Å². The van der Waals surface area contributed by atoms with Gasteiger partial charge in [-0.2, -0.15) is 0 Å². The van der Waals surface area contributed by atoms with Gasteiger partial charge in [-0.1, -0.05) is 18.2 Å². The third-order valence-corrected chi connectivity index (χ3v) is 8.23. The van der Waals surface area contributed by atoms with Crippen molar-refractivity contribution in [2.75, 3.05) is 13.1 Å². The number of hydrogen-bond acceptors (Lipinski definition) is 5. The predicted octanol–water partition coefficient (Wildman–Crippen LogP) is 3.17. The van der Waals surface area contributed by atoms with Crippen molar-refractivity contribution in [2.24, 2.45) is 5.41 Å². The van der Waals surface area contributed by atoms with Crippen molar-refractivity contribution in [3.05, 3.63) is 46.4 Å². The number of piperidine rings is 1. The second kappa shape index (κ2) is 7.03. The normalized spacial score (nSPS) is 23.0. The summed E-state index contributed by atoms with van der Waals surface area (Å²) in [6.07, 6.45) is 4.17. The molecule has 1 aromatic heterocycles. The molecule has 5 nitrogen and oxygen atoms in total. The summed E-state index contributed by atoms with van der Waals surface area (Å²) in [7, 11) is -3.43. The van der Waals surface area contributed by atoms with Gasteiger partial charge < -0.3 is 0 Å². The molecule has 7 heteroatoms. The smallest absolute Gasteiger partial charge is 0.240 e. The first-order chi connectivity index (χ1) is 12.5. The van der Waals surface area contributed by atoms with Crippen molar-refractivity contribution in [3.8, 4) is 0 Å². The predicted molar refractivity (Wildman–Crippen MR) is 104 cm³/mol. The van der Waals surface area contributed by atoms with Crippen LogP contribution in [0.3, 0.4) is 0 Å². The van der Waals surface area contributed by atoms with Gasteiger partial charge in [0.25, 0.3) is 0 Å². The molecule has 1 saturated heterocycles. The minimum atomic E-state index is -3.43.